The van der Waals surface area contributed by atoms with Crippen molar-refractivity contribution in [3.05, 3.63) is 35.5 Å². The van der Waals surface area contributed by atoms with Gasteiger partial charge in [-0.2, -0.15) is 0 Å². The van der Waals surface area contributed by atoms with E-state index in [0.29, 0.717) is 18.5 Å². The highest BCUT2D eigenvalue weighted by Gasteiger charge is 2.26. The number of benzene rings is 1. The first kappa shape index (κ1) is 13.3. The number of aryl methyl sites for hydroxylation is 2. The van der Waals surface area contributed by atoms with Crippen LogP contribution in [-0.2, 0) is 16.0 Å². The highest BCUT2D eigenvalue weighted by Crippen LogP contribution is 2.27. The minimum absolute atomic E-state index is 0.0534. The van der Waals surface area contributed by atoms with E-state index >= 15 is 0 Å². The summed E-state index contributed by atoms with van der Waals surface area (Å²) in [6.07, 6.45) is 1.12. The molecule has 2 aromatic rings. The maximum atomic E-state index is 12.1. The first-order valence-corrected chi connectivity index (χ1v) is 6.62. The minimum atomic E-state index is -0.334. The molecule has 2 amide bonds. The zero-order valence-electron chi connectivity index (χ0n) is 11.5. The Labute approximate surface area is 120 Å². The maximum absolute atomic E-state index is 12.1. The highest BCUT2D eigenvalue weighted by atomic mass is 16.6. The molecule has 1 aliphatic rings. The molecule has 1 aromatic carbocycles. The summed E-state index contributed by atoms with van der Waals surface area (Å²) in [5, 5.41) is 9.77. The van der Waals surface area contributed by atoms with Gasteiger partial charge in [-0.05, 0) is 30.1 Å². The molecule has 0 spiro atoms. The fourth-order valence-electron chi connectivity index (χ4n) is 2.33. The zero-order chi connectivity index (χ0) is 14.8. The summed E-state index contributed by atoms with van der Waals surface area (Å²) in [7, 11) is 0. The van der Waals surface area contributed by atoms with Crippen molar-refractivity contribution in [3.63, 3.8) is 0 Å². The fraction of sp³-hybridized carbons (Fsp3) is 0.286. The predicted octanol–water partition coefficient (Wildman–Crippen LogP) is 1.30. The number of aromatic nitrogens is 2. The summed E-state index contributed by atoms with van der Waals surface area (Å²) in [5.41, 5.74) is 2.36. The molecule has 0 bridgehead atoms. The van der Waals surface area contributed by atoms with Crippen LogP contribution in [-0.4, -0.2) is 28.7 Å². The molecule has 0 unspecified atom stereocenters. The summed E-state index contributed by atoms with van der Waals surface area (Å²) in [5.74, 6) is -0.115. The average Bonchev–Trinajstić information content (AvgIpc) is 2.87. The number of fused-ring (bicyclic) bond motifs is 1. The van der Waals surface area contributed by atoms with Gasteiger partial charge in [0.1, 0.15) is 12.2 Å². The van der Waals surface area contributed by atoms with E-state index in [-0.39, 0.29) is 24.2 Å². The molecule has 1 N–H and O–H groups in total. The van der Waals surface area contributed by atoms with E-state index in [1.165, 1.54) is 4.90 Å². The number of nitrogens with zero attached hydrogens (tertiary/aromatic N) is 3. The number of amides is 2. The Morgan fingerprint density at radius 2 is 2.14 bits per heavy atom. The lowest BCUT2D eigenvalue weighted by molar-refractivity contribution is -0.121. The van der Waals surface area contributed by atoms with Gasteiger partial charge >= 0.3 is 0 Å². The molecule has 2 heterocycles. The third kappa shape index (κ3) is 2.62. The van der Waals surface area contributed by atoms with E-state index in [4.69, 9.17) is 0 Å². The Hall–Kier alpha value is -2.70. The van der Waals surface area contributed by atoms with Crippen molar-refractivity contribution < 1.29 is 14.2 Å². The minimum Gasteiger partial charge on any atom is -0.305 e. The second-order valence-electron chi connectivity index (χ2n) is 4.86. The van der Waals surface area contributed by atoms with Crippen LogP contribution >= 0.6 is 0 Å². The van der Waals surface area contributed by atoms with Gasteiger partial charge in [0.25, 0.3) is 0 Å². The SMILES string of the molecule is Cc1nonc1NC(=O)CN1C(=O)CCc2ccccc21. The largest absolute Gasteiger partial charge is 0.305 e. The van der Waals surface area contributed by atoms with Gasteiger partial charge < -0.3 is 10.2 Å². The fourth-order valence-corrected chi connectivity index (χ4v) is 2.33. The van der Waals surface area contributed by atoms with Gasteiger partial charge in [-0.25, -0.2) is 4.63 Å². The summed E-state index contributed by atoms with van der Waals surface area (Å²) in [4.78, 5) is 25.6. The van der Waals surface area contributed by atoms with Crippen molar-refractivity contribution in [1.82, 2.24) is 10.3 Å². The Morgan fingerprint density at radius 1 is 1.33 bits per heavy atom. The van der Waals surface area contributed by atoms with Crippen LogP contribution in [0, 0.1) is 6.92 Å². The number of carbonyl (C=O) groups excluding carboxylic acids is 2. The van der Waals surface area contributed by atoms with E-state index in [2.05, 4.69) is 20.3 Å². The Kier molecular flexibility index (Phi) is 3.39. The van der Waals surface area contributed by atoms with Gasteiger partial charge in [-0.15, -0.1) is 0 Å². The summed E-state index contributed by atoms with van der Waals surface area (Å²) in [6.45, 7) is 1.62. The van der Waals surface area contributed by atoms with Gasteiger partial charge in [-0.3, -0.25) is 9.59 Å². The summed E-state index contributed by atoms with van der Waals surface area (Å²) in [6, 6.07) is 7.60. The van der Waals surface area contributed by atoms with Crippen LogP contribution in [0.3, 0.4) is 0 Å². The topological polar surface area (TPSA) is 88.3 Å². The third-order valence-corrected chi connectivity index (χ3v) is 3.40. The van der Waals surface area contributed by atoms with Crippen molar-refractivity contribution >= 4 is 23.3 Å². The number of carbonyl (C=O) groups is 2. The number of hydrogen-bond acceptors (Lipinski definition) is 5. The molecule has 0 fully saturated rings. The van der Waals surface area contributed by atoms with Gasteiger partial charge in [-0.1, -0.05) is 23.4 Å². The van der Waals surface area contributed by atoms with E-state index in [9.17, 15) is 9.59 Å². The average molecular weight is 286 g/mol. The third-order valence-electron chi connectivity index (χ3n) is 3.40. The van der Waals surface area contributed by atoms with Gasteiger partial charge in [0.15, 0.2) is 5.82 Å². The van der Waals surface area contributed by atoms with E-state index in [1.54, 1.807) is 6.92 Å². The lowest BCUT2D eigenvalue weighted by Gasteiger charge is -2.28. The van der Waals surface area contributed by atoms with E-state index in [1.807, 2.05) is 24.3 Å². The Bertz CT molecular complexity index is 695. The first-order valence-electron chi connectivity index (χ1n) is 6.62. The van der Waals surface area contributed by atoms with Crippen molar-refractivity contribution in [1.29, 1.82) is 0 Å². The van der Waals surface area contributed by atoms with Crippen LogP contribution < -0.4 is 10.2 Å². The van der Waals surface area contributed by atoms with Crippen molar-refractivity contribution in [3.8, 4) is 0 Å². The summed E-state index contributed by atoms with van der Waals surface area (Å²) < 4.78 is 4.52. The van der Waals surface area contributed by atoms with Gasteiger partial charge in [0.2, 0.25) is 11.8 Å². The number of nitrogens with one attached hydrogen (secondary N) is 1. The molecule has 0 saturated heterocycles. The first-order chi connectivity index (χ1) is 10.1. The number of anilines is 2. The molecule has 1 aromatic heterocycles. The molecule has 7 nitrogen and oxygen atoms in total. The Morgan fingerprint density at radius 3 is 2.90 bits per heavy atom. The molecule has 7 heteroatoms. The van der Waals surface area contributed by atoms with Crippen LogP contribution in [0.1, 0.15) is 17.7 Å². The molecule has 0 radical (unpaired) electrons. The quantitative estimate of drug-likeness (QED) is 0.918. The molecule has 0 aliphatic carbocycles. The van der Waals surface area contributed by atoms with Crippen LogP contribution in [0.4, 0.5) is 11.5 Å². The van der Waals surface area contributed by atoms with Crippen LogP contribution in [0.5, 0.6) is 0 Å². The van der Waals surface area contributed by atoms with Crippen molar-refractivity contribution in [2.75, 3.05) is 16.8 Å². The highest BCUT2D eigenvalue weighted by molar-refractivity contribution is 6.03. The van der Waals surface area contributed by atoms with Crippen LogP contribution in [0.15, 0.2) is 28.9 Å². The monoisotopic (exact) mass is 286 g/mol. The van der Waals surface area contributed by atoms with Gasteiger partial charge in [0.05, 0.1) is 0 Å². The second-order valence-corrected chi connectivity index (χ2v) is 4.86. The van der Waals surface area contributed by atoms with E-state index < -0.39 is 0 Å². The number of hydrogen-bond donors (Lipinski definition) is 1. The van der Waals surface area contributed by atoms with Crippen molar-refractivity contribution in [2.24, 2.45) is 0 Å². The van der Waals surface area contributed by atoms with E-state index in [0.717, 1.165) is 11.3 Å². The number of para-hydroxylation sites is 1. The molecular weight excluding hydrogens is 272 g/mol. The molecule has 1 aliphatic heterocycles. The molecule has 108 valence electrons. The molecular formula is C14H14N4O3. The Balaban J connectivity index is 1.76. The number of rotatable bonds is 3. The molecule has 3 rings (SSSR count). The van der Waals surface area contributed by atoms with Crippen LogP contribution in [0.25, 0.3) is 0 Å². The van der Waals surface area contributed by atoms with Crippen molar-refractivity contribution in [2.45, 2.75) is 19.8 Å². The zero-order valence-corrected chi connectivity index (χ0v) is 11.5. The van der Waals surface area contributed by atoms with Crippen LogP contribution in [0.2, 0.25) is 0 Å². The molecule has 0 atom stereocenters. The standard InChI is InChI=1S/C14H14N4O3/c1-9-14(17-21-16-9)15-12(19)8-18-11-5-3-2-4-10(11)6-7-13(18)20/h2-5H,6-8H2,1H3,(H,15,17,19). The summed E-state index contributed by atoms with van der Waals surface area (Å²) >= 11 is 0. The van der Waals surface area contributed by atoms with Gasteiger partial charge in [0, 0.05) is 12.1 Å². The predicted molar refractivity (Wildman–Crippen MR) is 74.8 cm³/mol. The second kappa shape index (κ2) is 5.35. The maximum Gasteiger partial charge on any atom is 0.245 e. The lowest BCUT2D eigenvalue weighted by Crippen LogP contribution is -2.40. The lowest BCUT2D eigenvalue weighted by atomic mass is 10.0. The molecule has 0 saturated carbocycles. The normalized spacial score (nSPS) is 14.0. The molecule has 21 heavy (non-hydrogen) atoms. The smallest absolute Gasteiger partial charge is 0.245 e.